The maximum atomic E-state index is 9.84. The summed E-state index contributed by atoms with van der Waals surface area (Å²) in [6.07, 6.45) is 1.17. The van der Waals surface area contributed by atoms with E-state index in [9.17, 15) is 5.11 Å². The number of aliphatic hydroxyl groups excluding tert-OH is 1. The molecule has 1 N–H and O–H groups in total. The van der Waals surface area contributed by atoms with Crippen molar-refractivity contribution in [1.29, 1.82) is 0 Å². The Hall–Kier alpha value is -0.420. The van der Waals surface area contributed by atoms with Crippen LogP contribution in [0, 0.1) is 16.7 Å². The number of rotatable bonds is 5. The number of fused-ring (bicyclic) bond motifs is 1. The number of thiophene rings is 1. The Morgan fingerprint density at radius 3 is 2.76 bits per heavy atom. The van der Waals surface area contributed by atoms with Gasteiger partial charge in [-0.15, -0.1) is 11.3 Å². The number of nitrogens with zero attached hydrogens (tertiary/aromatic N) is 2. The molecule has 0 aromatic carbocycles. The van der Waals surface area contributed by atoms with Crippen LogP contribution in [0.5, 0.6) is 0 Å². The monoisotopic (exact) mass is 308 g/mol. The summed E-state index contributed by atoms with van der Waals surface area (Å²) in [6.45, 7) is 9.35. The van der Waals surface area contributed by atoms with Crippen LogP contribution in [0.4, 0.5) is 0 Å². The van der Waals surface area contributed by atoms with Crippen molar-refractivity contribution in [3.8, 4) is 0 Å². The van der Waals surface area contributed by atoms with E-state index in [1.54, 1.807) is 0 Å². The van der Waals surface area contributed by atoms with Crippen LogP contribution in [0.15, 0.2) is 11.4 Å². The summed E-state index contributed by atoms with van der Waals surface area (Å²) in [7, 11) is 4.23. The number of likely N-dealkylation sites (tertiary alicyclic amines) is 1. The minimum Gasteiger partial charge on any atom is -0.396 e. The Morgan fingerprint density at radius 1 is 1.43 bits per heavy atom. The normalized spacial score (nSPS) is 31.4. The van der Waals surface area contributed by atoms with Gasteiger partial charge in [-0.1, -0.05) is 13.8 Å². The molecule has 1 aliphatic heterocycles. The average Bonchev–Trinajstić information content (AvgIpc) is 2.92. The lowest BCUT2D eigenvalue weighted by atomic mass is 9.48. The Bertz CT molecular complexity index is 511. The molecule has 2 atom stereocenters. The summed E-state index contributed by atoms with van der Waals surface area (Å²) < 4.78 is 0. The molecule has 21 heavy (non-hydrogen) atoms. The molecule has 0 spiro atoms. The van der Waals surface area contributed by atoms with E-state index in [-0.39, 0.29) is 5.41 Å². The zero-order valence-corrected chi connectivity index (χ0v) is 14.5. The van der Waals surface area contributed by atoms with Crippen LogP contribution in [0.25, 0.3) is 0 Å². The maximum Gasteiger partial charge on any atom is 0.0503 e. The smallest absolute Gasteiger partial charge is 0.0503 e. The van der Waals surface area contributed by atoms with Crippen molar-refractivity contribution in [2.45, 2.75) is 33.4 Å². The van der Waals surface area contributed by atoms with Crippen LogP contribution >= 0.6 is 11.3 Å². The molecule has 0 bridgehead atoms. The van der Waals surface area contributed by atoms with E-state index in [1.165, 1.54) is 16.9 Å². The van der Waals surface area contributed by atoms with E-state index in [1.807, 2.05) is 11.3 Å². The molecule has 0 radical (unpaired) electrons. The third-order valence-electron chi connectivity index (χ3n) is 5.37. The summed E-state index contributed by atoms with van der Waals surface area (Å²) in [6, 6.07) is 2.35. The predicted octanol–water partition coefficient (Wildman–Crippen LogP) is 2.65. The van der Waals surface area contributed by atoms with Gasteiger partial charge in [0.15, 0.2) is 0 Å². The zero-order chi connectivity index (χ0) is 15.3. The molecule has 2 aliphatic rings. The lowest BCUT2D eigenvalue weighted by Crippen LogP contribution is -2.54. The van der Waals surface area contributed by atoms with Crippen LogP contribution in [0.3, 0.4) is 0 Å². The van der Waals surface area contributed by atoms with Crippen LogP contribution in [0.2, 0.25) is 0 Å². The van der Waals surface area contributed by atoms with E-state index in [4.69, 9.17) is 0 Å². The fraction of sp³-hybridized carbons (Fsp3) is 0.765. The van der Waals surface area contributed by atoms with E-state index in [2.05, 4.69) is 49.2 Å². The fourth-order valence-corrected chi connectivity index (χ4v) is 5.66. The number of hydrogen-bond acceptors (Lipinski definition) is 4. The summed E-state index contributed by atoms with van der Waals surface area (Å²) in [5, 5.41) is 12.1. The Balaban J connectivity index is 1.63. The third-order valence-corrected chi connectivity index (χ3v) is 6.34. The van der Waals surface area contributed by atoms with Gasteiger partial charge in [0.05, 0.1) is 6.61 Å². The van der Waals surface area contributed by atoms with E-state index < -0.39 is 0 Å². The second-order valence-electron chi connectivity index (χ2n) is 8.07. The maximum absolute atomic E-state index is 9.84. The Morgan fingerprint density at radius 2 is 2.19 bits per heavy atom. The summed E-state index contributed by atoms with van der Waals surface area (Å²) in [4.78, 5) is 6.23. The van der Waals surface area contributed by atoms with Gasteiger partial charge in [-0.25, -0.2) is 0 Å². The number of hydrogen-bond donors (Lipinski definition) is 1. The second-order valence-corrected chi connectivity index (χ2v) is 9.06. The lowest BCUT2D eigenvalue weighted by Gasteiger charge is -2.56. The van der Waals surface area contributed by atoms with Gasteiger partial charge in [-0.05, 0) is 48.9 Å². The molecule has 1 aromatic heterocycles. The van der Waals surface area contributed by atoms with Gasteiger partial charge >= 0.3 is 0 Å². The standard InChI is InChI=1S/C17H28N2OS/c1-16(2)10-17(12-20)11-19(8-15(16)17)7-14-5-13(9-21-14)6-18(3)4/h5,9,15,20H,6-8,10-12H2,1-4H3/t15-,17-/m1/s1. The van der Waals surface area contributed by atoms with Gasteiger partial charge in [0, 0.05) is 36.5 Å². The summed E-state index contributed by atoms with van der Waals surface area (Å²) in [5.74, 6) is 0.663. The zero-order valence-electron chi connectivity index (χ0n) is 13.7. The predicted molar refractivity (Wildman–Crippen MR) is 88.4 cm³/mol. The van der Waals surface area contributed by atoms with Gasteiger partial charge in [-0.2, -0.15) is 0 Å². The van der Waals surface area contributed by atoms with Gasteiger partial charge in [0.1, 0.15) is 0 Å². The first kappa shape index (κ1) is 15.5. The Kier molecular flexibility index (Phi) is 3.93. The highest BCUT2D eigenvalue weighted by molar-refractivity contribution is 7.10. The van der Waals surface area contributed by atoms with Crippen molar-refractivity contribution in [3.63, 3.8) is 0 Å². The Labute approximate surface area is 132 Å². The molecular weight excluding hydrogens is 280 g/mol. The van der Waals surface area contributed by atoms with Gasteiger partial charge in [-0.3, -0.25) is 4.90 Å². The second kappa shape index (κ2) is 5.34. The molecular formula is C17H28N2OS. The molecule has 2 fully saturated rings. The van der Waals surface area contributed by atoms with Crippen LogP contribution in [0.1, 0.15) is 30.7 Å². The lowest BCUT2D eigenvalue weighted by molar-refractivity contribution is -0.0977. The first-order valence-corrected chi connectivity index (χ1v) is 8.77. The van der Waals surface area contributed by atoms with Crippen molar-refractivity contribution < 1.29 is 5.11 Å². The molecule has 3 nitrogen and oxygen atoms in total. The first-order valence-electron chi connectivity index (χ1n) is 7.89. The van der Waals surface area contributed by atoms with Crippen molar-refractivity contribution in [2.24, 2.45) is 16.7 Å². The summed E-state index contributed by atoms with van der Waals surface area (Å²) >= 11 is 1.88. The van der Waals surface area contributed by atoms with Crippen molar-refractivity contribution in [2.75, 3.05) is 33.8 Å². The molecule has 0 amide bonds. The van der Waals surface area contributed by atoms with Gasteiger partial charge < -0.3 is 10.0 Å². The van der Waals surface area contributed by atoms with E-state index in [0.29, 0.717) is 17.9 Å². The molecule has 1 aromatic rings. The molecule has 2 heterocycles. The molecule has 118 valence electrons. The molecule has 1 saturated heterocycles. The van der Waals surface area contributed by atoms with Gasteiger partial charge in [0.25, 0.3) is 0 Å². The summed E-state index contributed by atoms with van der Waals surface area (Å²) in [5.41, 5.74) is 2.01. The van der Waals surface area contributed by atoms with E-state index in [0.717, 1.165) is 26.2 Å². The topological polar surface area (TPSA) is 26.7 Å². The SMILES string of the molecule is CN(C)Cc1csc(CN2C[C@@H]3C(C)(C)C[C@]3(CO)C2)c1. The minimum absolute atomic E-state index is 0.188. The third kappa shape index (κ3) is 2.79. The first-order chi connectivity index (χ1) is 9.84. The quantitative estimate of drug-likeness (QED) is 0.906. The number of aliphatic hydroxyl groups is 1. The van der Waals surface area contributed by atoms with Gasteiger partial charge in [0.2, 0.25) is 0 Å². The van der Waals surface area contributed by atoms with Crippen LogP contribution < -0.4 is 0 Å². The highest BCUT2D eigenvalue weighted by Crippen LogP contribution is 2.62. The van der Waals surface area contributed by atoms with Crippen LogP contribution in [-0.4, -0.2) is 48.7 Å². The highest BCUT2D eigenvalue weighted by Gasteiger charge is 2.62. The molecule has 1 aliphatic carbocycles. The van der Waals surface area contributed by atoms with E-state index >= 15 is 0 Å². The van der Waals surface area contributed by atoms with Crippen molar-refractivity contribution >= 4 is 11.3 Å². The molecule has 1 saturated carbocycles. The molecule has 3 rings (SSSR count). The minimum atomic E-state index is 0.188. The molecule has 0 unspecified atom stereocenters. The average molecular weight is 308 g/mol. The fourth-order valence-electron chi connectivity index (χ4n) is 4.74. The molecule has 4 heteroatoms. The largest absolute Gasteiger partial charge is 0.396 e. The highest BCUT2D eigenvalue weighted by atomic mass is 32.1. The van der Waals surface area contributed by atoms with Crippen molar-refractivity contribution in [3.05, 3.63) is 21.9 Å². The van der Waals surface area contributed by atoms with Crippen LogP contribution in [-0.2, 0) is 13.1 Å². The van der Waals surface area contributed by atoms with Crippen molar-refractivity contribution in [1.82, 2.24) is 9.80 Å².